The molecule has 0 aliphatic carbocycles. The van der Waals surface area contributed by atoms with Crippen molar-refractivity contribution in [2.24, 2.45) is 0 Å². The minimum atomic E-state index is 0.378. The molecule has 1 unspecified atom stereocenters. The van der Waals surface area contributed by atoms with Crippen molar-refractivity contribution in [3.05, 3.63) is 29.8 Å². The molecular weight excluding hydrogens is 230 g/mol. The highest BCUT2D eigenvalue weighted by Crippen LogP contribution is 2.27. The van der Waals surface area contributed by atoms with E-state index in [1.165, 1.54) is 5.56 Å². The third kappa shape index (κ3) is 4.60. The predicted molar refractivity (Wildman–Crippen MR) is 77.0 cm³/mol. The van der Waals surface area contributed by atoms with Gasteiger partial charge in [0.05, 0.1) is 6.61 Å². The van der Waals surface area contributed by atoms with Crippen LogP contribution in [-0.4, -0.2) is 25.2 Å². The van der Waals surface area contributed by atoms with Gasteiger partial charge in [-0.25, -0.2) is 0 Å². The Hall–Kier alpha value is -0.670. The predicted octanol–water partition coefficient (Wildman–Crippen LogP) is 3.49. The van der Waals surface area contributed by atoms with Crippen LogP contribution < -0.4 is 10.1 Å². The number of benzene rings is 1. The zero-order chi connectivity index (χ0) is 12.5. The maximum Gasteiger partial charge on any atom is 0.124 e. The van der Waals surface area contributed by atoms with Crippen LogP contribution in [-0.2, 0) is 0 Å². The molecule has 0 heterocycles. The number of rotatable bonds is 8. The summed E-state index contributed by atoms with van der Waals surface area (Å²) < 4.78 is 5.81. The Morgan fingerprint density at radius 1 is 1.29 bits per heavy atom. The maximum atomic E-state index is 5.81. The fraction of sp³-hybridized carbons (Fsp3) is 0.571. The lowest BCUT2D eigenvalue weighted by Crippen LogP contribution is -2.23. The topological polar surface area (TPSA) is 21.3 Å². The fourth-order valence-electron chi connectivity index (χ4n) is 1.78. The van der Waals surface area contributed by atoms with Crippen molar-refractivity contribution < 1.29 is 4.74 Å². The molecular formula is C14H23NOS. The SMILES string of the molecule is CCCOc1ccccc1C(CSC)NCC. The first-order valence-electron chi connectivity index (χ1n) is 6.27. The molecule has 3 heteroatoms. The molecule has 1 aromatic rings. The van der Waals surface area contributed by atoms with Gasteiger partial charge in [-0.1, -0.05) is 32.0 Å². The molecule has 96 valence electrons. The summed E-state index contributed by atoms with van der Waals surface area (Å²) in [4.78, 5) is 0. The van der Waals surface area contributed by atoms with Crippen molar-refractivity contribution in [2.75, 3.05) is 25.2 Å². The standard InChI is InChI=1S/C14H23NOS/c1-4-10-16-14-9-7-6-8-12(14)13(11-17-3)15-5-2/h6-9,13,15H,4-5,10-11H2,1-3H3. The first kappa shape index (κ1) is 14.4. The zero-order valence-corrected chi connectivity index (χ0v) is 11.8. The van der Waals surface area contributed by atoms with Gasteiger partial charge in [0.25, 0.3) is 0 Å². The molecule has 1 aromatic carbocycles. The Morgan fingerprint density at radius 2 is 2.06 bits per heavy atom. The first-order chi connectivity index (χ1) is 8.33. The molecule has 0 radical (unpaired) electrons. The smallest absolute Gasteiger partial charge is 0.124 e. The van der Waals surface area contributed by atoms with Crippen LogP contribution >= 0.6 is 11.8 Å². The number of thioether (sulfide) groups is 1. The summed E-state index contributed by atoms with van der Waals surface area (Å²) >= 11 is 1.86. The highest BCUT2D eigenvalue weighted by atomic mass is 32.2. The lowest BCUT2D eigenvalue weighted by Gasteiger charge is -2.20. The largest absolute Gasteiger partial charge is 0.493 e. The number of hydrogen-bond donors (Lipinski definition) is 1. The molecule has 0 saturated heterocycles. The van der Waals surface area contributed by atoms with E-state index in [1.807, 2.05) is 17.8 Å². The molecule has 0 spiro atoms. The lowest BCUT2D eigenvalue weighted by molar-refractivity contribution is 0.311. The van der Waals surface area contributed by atoms with Crippen molar-refractivity contribution in [2.45, 2.75) is 26.3 Å². The fourth-order valence-corrected chi connectivity index (χ4v) is 2.41. The summed E-state index contributed by atoms with van der Waals surface area (Å²) in [5.41, 5.74) is 1.28. The molecule has 0 aliphatic heterocycles. The normalized spacial score (nSPS) is 12.4. The third-order valence-corrected chi connectivity index (χ3v) is 3.21. The van der Waals surface area contributed by atoms with E-state index >= 15 is 0 Å². The van der Waals surface area contributed by atoms with Crippen molar-refractivity contribution >= 4 is 11.8 Å². The van der Waals surface area contributed by atoms with Gasteiger partial charge in [-0.15, -0.1) is 0 Å². The Labute approximate surface area is 109 Å². The van der Waals surface area contributed by atoms with Crippen molar-refractivity contribution in [1.82, 2.24) is 5.32 Å². The molecule has 0 aliphatic rings. The van der Waals surface area contributed by atoms with E-state index in [1.54, 1.807) is 0 Å². The van der Waals surface area contributed by atoms with Gasteiger partial charge in [0, 0.05) is 17.4 Å². The number of ether oxygens (including phenoxy) is 1. The second kappa shape index (κ2) is 8.43. The van der Waals surface area contributed by atoms with Gasteiger partial charge in [0.15, 0.2) is 0 Å². The van der Waals surface area contributed by atoms with Crippen LogP contribution in [0, 0.1) is 0 Å². The van der Waals surface area contributed by atoms with Gasteiger partial charge >= 0.3 is 0 Å². The molecule has 0 aromatic heterocycles. The maximum absolute atomic E-state index is 5.81. The van der Waals surface area contributed by atoms with E-state index in [4.69, 9.17) is 4.74 Å². The van der Waals surface area contributed by atoms with Gasteiger partial charge in [0.1, 0.15) is 5.75 Å². The summed E-state index contributed by atoms with van der Waals surface area (Å²) in [7, 11) is 0. The van der Waals surface area contributed by atoms with Crippen molar-refractivity contribution in [1.29, 1.82) is 0 Å². The van der Waals surface area contributed by atoms with Crippen LogP contribution in [0.15, 0.2) is 24.3 Å². The van der Waals surface area contributed by atoms with Crippen LogP contribution in [0.25, 0.3) is 0 Å². The summed E-state index contributed by atoms with van der Waals surface area (Å²) in [6, 6.07) is 8.72. The summed E-state index contributed by atoms with van der Waals surface area (Å²) in [5.74, 6) is 2.09. The molecule has 0 fully saturated rings. The lowest BCUT2D eigenvalue weighted by atomic mass is 10.1. The molecule has 0 bridgehead atoms. The molecule has 0 saturated carbocycles. The minimum absolute atomic E-state index is 0.378. The monoisotopic (exact) mass is 253 g/mol. The van der Waals surface area contributed by atoms with Gasteiger partial charge in [-0.05, 0) is 25.3 Å². The molecule has 17 heavy (non-hydrogen) atoms. The third-order valence-electron chi connectivity index (χ3n) is 2.54. The van der Waals surface area contributed by atoms with E-state index in [2.05, 4.69) is 43.6 Å². The summed E-state index contributed by atoms with van der Waals surface area (Å²) in [6.07, 6.45) is 3.18. The van der Waals surface area contributed by atoms with Gasteiger partial charge in [-0.2, -0.15) is 11.8 Å². The Balaban J connectivity index is 2.83. The summed E-state index contributed by atoms with van der Waals surface area (Å²) in [6.45, 7) is 6.04. The van der Waals surface area contributed by atoms with Crippen molar-refractivity contribution in [3.63, 3.8) is 0 Å². The van der Waals surface area contributed by atoms with Crippen LogP contribution in [0.3, 0.4) is 0 Å². The molecule has 1 N–H and O–H groups in total. The Morgan fingerprint density at radius 3 is 2.71 bits per heavy atom. The quantitative estimate of drug-likeness (QED) is 0.766. The molecule has 1 atom stereocenters. The van der Waals surface area contributed by atoms with E-state index in [0.717, 1.165) is 31.1 Å². The second-order valence-electron chi connectivity index (χ2n) is 3.95. The average Bonchev–Trinajstić information content (AvgIpc) is 2.36. The number of para-hydroxylation sites is 1. The highest BCUT2D eigenvalue weighted by molar-refractivity contribution is 7.98. The highest BCUT2D eigenvalue weighted by Gasteiger charge is 2.14. The molecule has 1 rings (SSSR count). The van der Waals surface area contributed by atoms with Crippen LogP contribution in [0.2, 0.25) is 0 Å². The van der Waals surface area contributed by atoms with E-state index in [0.29, 0.717) is 6.04 Å². The van der Waals surface area contributed by atoms with Crippen molar-refractivity contribution in [3.8, 4) is 5.75 Å². The van der Waals surface area contributed by atoms with Crippen LogP contribution in [0.1, 0.15) is 31.9 Å². The minimum Gasteiger partial charge on any atom is -0.493 e. The number of nitrogens with one attached hydrogen (secondary N) is 1. The average molecular weight is 253 g/mol. The van der Waals surface area contributed by atoms with Gasteiger partial charge in [0.2, 0.25) is 0 Å². The Bertz CT molecular complexity index is 311. The molecule has 2 nitrogen and oxygen atoms in total. The summed E-state index contributed by atoms with van der Waals surface area (Å²) in [5, 5.41) is 3.52. The zero-order valence-electron chi connectivity index (χ0n) is 11.0. The van der Waals surface area contributed by atoms with Crippen LogP contribution in [0.4, 0.5) is 0 Å². The molecule has 0 amide bonds. The van der Waals surface area contributed by atoms with Gasteiger partial charge in [-0.3, -0.25) is 0 Å². The van der Waals surface area contributed by atoms with E-state index in [-0.39, 0.29) is 0 Å². The van der Waals surface area contributed by atoms with E-state index in [9.17, 15) is 0 Å². The van der Waals surface area contributed by atoms with E-state index < -0.39 is 0 Å². The van der Waals surface area contributed by atoms with Crippen LogP contribution in [0.5, 0.6) is 5.75 Å². The Kier molecular flexibility index (Phi) is 7.13. The second-order valence-corrected chi connectivity index (χ2v) is 4.86. The first-order valence-corrected chi connectivity index (χ1v) is 7.66. The van der Waals surface area contributed by atoms with Gasteiger partial charge < -0.3 is 10.1 Å². The number of hydrogen-bond acceptors (Lipinski definition) is 3.